The second-order valence-electron chi connectivity index (χ2n) is 5.65. The molecule has 1 aromatic rings. The van der Waals surface area contributed by atoms with Gasteiger partial charge in [-0.15, -0.1) is 0 Å². The van der Waals surface area contributed by atoms with Crippen molar-refractivity contribution in [1.82, 2.24) is 4.90 Å². The highest BCUT2D eigenvalue weighted by Crippen LogP contribution is 2.31. The fourth-order valence-electron chi connectivity index (χ4n) is 3.10. The van der Waals surface area contributed by atoms with Gasteiger partial charge >= 0.3 is 0 Å². The number of piperidine rings is 1. The third kappa shape index (κ3) is 3.34. The number of likely N-dealkylation sites (tertiary alicyclic amines) is 1. The first-order valence-corrected chi connectivity index (χ1v) is 7.40. The summed E-state index contributed by atoms with van der Waals surface area (Å²) in [4.78, 5) is 2.50. The minimum absolute atomic E-state index is 0.103. The predicted octanol–water partition coefficient (Wildman–Crippen LogP) is 3.48. The van der Waals surface area contributed by atoms with Gasteiger partial charge in [0.1, 0.15) is 5.82 Å². The number of nitrogens with zero attached hydrogens (tertiary/aromatic N) is 1. The Hall–Kier alpha value is -0.930. The quantitative estimate of drug-likeness (QED) is 0.902. The molecule has 2 N–H and O–H groups in total. The number of nitrogens with two attached hydrogens (primary N) is 1. The van der Waals surface area contributed by atoms with E-state index in [-0.39, 0.29) is 17.9 Å². The molecule has 1 aromatic carbocycles. The van der Waals surface area contributed by atoms with Crippen LogP contribution < -0.4 is 5.73 Å². The molecule has 1 heterocycles. The molecule has 2 nitrogen and oxygen atoms in total. The summed E-state index contributed by atoms with van der Waals surface area (Å²) in [6, 6.07) is 7.72. The van der Waals surface area contributed by atoms with E-state index in [0.717, 1.165) is 18.5 Å². The van der Waals surface area contributed by atoms with Crippen LogP contribution in [0.4, 0.5) is 4.39 Å². The Bertz CT molecular complexity index is 390. The number of hydrogen-bond acceptors (Lipinski definition) is 2. The summed E-state index contributed by atoms with van der Waals surface area (Å²) in [7, 11) is 0. The molecule has 1 saturated heterocycles. The summed E-state index contributed by atoms with van der Waals surface area (Å²) in [5.41, 5.74) is 7.49. The lowest BCUT2D eigenvalue weighted by atomic mass is 9.91. The van der Waals surface area contributed by atoms with E-state index in [2.05, 4.69) is 18.7 Å². The maximum atomic E-state index is 13.1. The Morgan fingerprint density at radius 2 is 2.00 bits per heavy atom. The van der Waals surface area contributed by atoms with E-state index in [1.54, 1.807) is 12.1 Å². The van der Waals surface area contributed by atoms with Crippen molar-refractivity contribution in [3.8, 4) is 0 Å². The normalized spacial score (nSPS) is 24.1. The smallest absolute Gasteiger partial charge is 0.123 e. The van der Waals surface area contributed by atoms with E-state index >= 15 is 0 Å². The minimum Gasteiger partial charge on any atom is -0.326 e. The summed E-state index contributed by atoms with van der Waals surface area (Å²) >= 11 is 0. The molecule has 0 radical (unpaired) electrons. The van der Waals surface area contributed by atoms with Crippen LogP contribution in [0, 0.1) is 5.82 Å². The van der Waals surface area contributed by atoms with Crippen LogP contribution in [0.1, 0.15) is 51.1 Å². The zero-order chi connectivity index (χ0) is 13.8. The van der Waals surface area contributed by atoms with Crippen molar-refractivity contribution in [2.24, 2.45) is 5.73 Å². The van der Waals surface area contributed by atoms with Crippen LogP contribution in [0.5, 0.6) is 0 Å². The first kappa shape index (κ1) is 14.5. The molecule has 106 valence electrons. The highest BCUT2D eigenvalue weighted by atomic mass is 19.1. The van der Waals surface area contributed by atoms with Gasteiger partial charge in [-0.25, -0.2) is 4.39 Å². The number of halogens is 1. The van der Waals surface area contributed by atoms with Crippen LogP contribution >= 0.6 is 0 Å². The lowest BCUT2D eigenvalue weighted by Crippen LogP contribution is -2.47. The van der Waals surface area contributed by atoms with Crippen LogP contribution in [0.25, 0.3) is 0 Å². The minimum atomic E-state index is -0.181. The molecule has 0 saturated carbocycles. The fraction of sp³-hybridized carbons (Fsp3) is 0.625. The number of hydrogen-bond donors (Lipinski definition) is 1. The average molecular weight is 264 g/mol. The van der Waals surface area contributed by atoms with Crippen molar-refractivity contribution in [2.75, 3.05) is 6.54 Å². The van der Waals surface area contributed by atoms with Gasteiger partial charge in [0.05, 0.1) is 6.04 Å². The summed E-state index contributed by atoms with van der Waals surface area (Å²) < 4.78 is 13.1. The molecule has 0 bridgehead atoms. The highest BCUT2D eigenvalue weighted by molar-refractivity contribution is 5.22. The van der Waals surface area contributed by atoms with Crippen molar-refractivity contribution < 1.29 is 4.39 Å². The molecule has 0 aromatic heterocycles. The van der Waals surface area contributed by atoms with Crippen molar-refractivity contribution in [3.63, 3.8) is 0 Å². The van der Waals surface area contributed by atoms with E-state index in [1.807, 2.05) is 12.1 Å². The number of benzene rings is 1. The van der Waals surface area contributed by atoms with Crippen LogP contribution in [0.2, 0.25) is 0 Å². The number of rotatable bonds is 4. The van der Waals surface area contributed by atoms with E-state index < -0.39 is 0 Å². The molecule has 1 fully saturated rings. The third-order valence-corrected chi connectivity index (χ3v) is 4.30. The van der Waals surface area contributed by atoms with Gasteiger partial charge < -0.3 is 5.73 Å². The molecule has 3 heteroatoms. The molecule has 3 unspecified atom stereocenters. The standard InChI is InChI=1S/C16H25FN2/c1-3-15(18)16(13-7-9-14(17)10-8-13)19-11-5-4-6-12(19)2/h7-10,12,15-16H,3-6,11,18H2,1-2H3. The van der Waals surface area contributed by atoms with Gasteiger partial charge in [0.15, 0.2) is 0 Å². The molecule has 2 rings (SSSR count). The van der Waals surface area contributed by atoms with E-state index in [9.17, 15) is 4.39 Å². The molecule has 0 amide bonds. The van der Waals surface area contributed by atoms with Gasteiger partial charge in [-0.2, -0.15) is 0 Å². The molecule has 19 heavy (non-hydrogen) atoms. The zero-order valence-electron chi connectivity index (χ0n) is 12.0. The summed E-state index contributed by atoms with van der Waals surface area (Å²) in [6.45, 7) is 5.49. The second kappa shape index (κ2) is 6.49. The third-order valence-electron chi connectivity index (χ3n) is 4.30. The van der Waals surface area contributed by atoms with Crippen LogP contribution in [0.15, 0.2) is 24.3 Å². The maximum absolute atomic E-state index is 13.1. The predicted molar refractivity (Wildman–Crippen MR) is 77.4 cm³/mol. The average Bonchev–Trinajstić information content (AvgIpc) is 2.43. The molecule has 3 atom stereocenters. The Kier molecular flexibility index (Phi) is 4.94. The fourth-order valence-corrected chi connectivity index (χ4v) is 3.10. The van der Waals surface area contributed by atoms with Gasteiger partial charge in [-0.3, -0.25) is 4.90 Å². The summed E-state index contributed by atoms with van der Waals surface area (Å²) in [5, 5.41) is 0. The lowest BCUT2D eigenvalue weighted by Gasteiger charge is -2.42. The van der Waals surface area contributed by atoms with Crippen LogP contribution in [-0.2, 0) is 0 Å². The molecular formula is C16H25FN2. The summed E-state index contributed by atoms with van der Waals surface area (Å²) in [6.07, 6.45) is 4.70. The van der Waals surface area contributed by atoms with E-state index in [4.69, 9.17) is 5.73 Å². The topological polar surface area (TPSA) is 29.3 Å². The first-order valence-electron chi connectivity index (χ1n) is 7.40. The first-order chi connectivity index (χ1) is 9.13. The Balaban J connectivity index is 2.27. The molecule has 0 aliphatic carbocycles. The second-order valence-corrected chi connectivity index (χ2v) is 5.65. The molecule has 1 aliphatic heterocycles. The Morgan fingerprint density at radius 1 is 1.32 bits per heavy atom. The van der Waals surface area contributed by atoms with Gasteiger partial charge in [-0.1, -0.05) is 25.5 Å². The van der Waals surface area contributed by atoms with Crippen molar-refractivity contribution in [1.29, 1.82) is 0 Å². The van der Waals surface area contributed by atoms with Gasteiger partial charge in [-0.05, 0) is 50.4 Å². The maximum Gasteiger partial charge on any atom is 0.123 e. The SMILES string of the molecule is CCC(N)C(c1ccc(F)cc1)N1CCCCC1C. The van der Waals surface area contributed by atoms with Gasteiger partial charge in [0.2, 0.25) is 0 Å². The van der Waals surface area contributed by atoms with Crippen molar-refractivity contribution in [2.45, 2.75) is 57.7 Å². The Labute approximate surface area is 115 Å². The monoisotopic (exact) mass is 264 g/mol. The van der Waals surface area contributed by atoms with Crippen LogP contribution in [0.3, 0.4) is 0 Å². The van der Waals surface area contributed by atoms with E-state index in [0.29, 0.717) is 6.04 Å². The Morgan fingerprint density at radius 3 is 2.58 bits per heavy atom. The molecule has 1 aliphatic rings. The largest absolute Gasteiger partial charge is 0.326 e. The van der Waals surface area contributed by atoms with Crippen LogP contribution in [-0.4, -0.2) is 23.5 Å². The van der Waals surface area contributed by atoms with Crippen molar-refractivity contribution >= 4 is 0 Å². The highest BCUT2D eigenvalue weighted by Gasteiger charge is 2.30. The zero-order valence-corrected chi connectivity index (χ0v) is 12.0. The molecular weight excluding hydrogens is 239 g/mol. The van der Waals surface area contributed by atoms with Gasteiger partial charge in [0, 0.05) is 12.1 Å². The lowest BCUT2D eigenvalue weighted by molar-refractivity contribution is 0.0880. The molecule has 0 spiro atoms. The van der Waals surface area contributed by atoms with Gasteiger partial charge in [0.25, 0.3) is 0 Å². The summed E-state index contributed by atoms with van der Waals surface area (Å²) in [5.74, 6) is -0.181. The van der Waals surface area contributed by atoms with E-state index in [1.165, 1.54) is 19.3 Å². The van der Waals surface area contributed by atoms with Crippen molar-refractivity contribution in [3.05, 3.63) is 35.6 Å².